The first-order valence-corrected chi connectivity index (χ1v) is 15.2. The fourth-order valence-electron chi connectivity index (χ4n) is 4.94. The molecule has 0 aliphatic heterocycles. The molecule has 0 amide bonds. The largest absolute Gasteiger partial charge is 1.00 e. The SMILES string of the molecule is FC(F)(F)c1cc(NC(=S)Nc2ccc([P+](c3ccccc3)(c3ccccc3)c3ccccc3)cc2)cc(C(F)(F)F)c1.[I-]. The van der Waals surface area contributed by atoms with Gasteiger partial charge < -0.3 is 34.6 Å². The molecule has 0 spiro atoms. The normalized spacial score (nSPS) is 11.8. The summed E-state index contributed by atoms with van der Waals surface area (Å²) in [6.45, 7) is 0. The summed E-state index contributed by atoms with van der Waals surface area (Å²) in [5, 5.41) is 9.68. The zero-order chi connectivity index (χ0) is 30.7. The van der Waals surface area contributed by atoms with E-state index in [0.717, 1.165) is 21.2 Å². The molecule has 2 nitrogen and oxygen atoms in total. The van der Waals surface area contributed by atoms with Gasteiger partial charge in [0.15, 0.2) is 5.11 Å². The third-order valence-electron chi connectivity index (χ3n) is 6.79. The first kappa shape index (κ1) is 33.4. The molecule has 0 saturated carbocycles. The van der Waals surface area contributed by atoms with Gasteiger partial charge in [0, 0.05) is 11.4 Å². The fraction of sp³-hybridized carbons (Fsp3) is 0.0606. The minimum atomic E-state index is -4.96. The van der Waals surface area contributed by atoms with Crippen molar-refractivity contribution in [1.82, 2.24) is 0 Å². The summed E-state index contributed by atoms with van der Waals surface area (Å²) in [6, 6.07) is 39.4. The van der Waals surface area contributed by atoms with Gasteiger partial charge in [0.25, 0.3) is 0 Å². The summed E-state index contributed by atoms with van der Waals surface area (Å²) in [5.74, 6) is 0. The van der Waals surface area contributed by atoms with E-state index in [2.05, 4.69) is 47.0 Å². The van der Waals surface area contributed by atoms with Crippen molar-refractivity contribution < 1.29 is 50.3 Å². The number of hydrogen-bond acceptors (Lipinski definition) is 1. The molecule has 11 heteroatoms. The molecule has 0 radical (unpaired) electrons. The van der Waals surface area contributed by atoms with Gasteiger partial charge in [-0.25, -0.2) is 0 Å². The molecule has 0 unspecified atom stereocenters. The highest BCUT2D eigenvalue weighted by molar-refractivity contribution is 8.01. The molecule has 5 rings (SSSR count). The Labute approximate surface area is 273 Å². The third kappa shape index (κ3) is 7.25. The van der Waals surface area contributed by atoms with Crippen LogP contribution in [0.25, 0.3) is 0 Å². The van der Waals surface area contributed by atoms with Crippen LogP contribution in [0.15, 0.2) is 133 Å². The molecule has 0 aromatic heterocycles. The Balaban J connectivity index is 0.00000442. The van der Waals surface area contributed by atoms with Gasteiger partial charge >= 0.3 is 12.4 Å². The van der Waals surface area contributed by atoms with Gasteiger partial charge in [-0.15, -0.1) is 0 Å². The van der Waals surface area contributed by atoms with E-state index < -0.39 is 36.4 Å². The van der Waals surface area contributed by atoms with Crippen LogP contribution in [0, 0.1) is 0 Å². The van der Waals surface area contributed by atoms with E-state index >= 15 is 0 Å². The number of nitrogens with one attached hydrogen (secondary N) is 2. The Morgan fingerprint density at radius 2 is 0.818 bits per heavy atom. The molecule has 0 saturated heterocycles. The minimum Gasteiger partial charge on any atom is -1.00 e. The molecule has 0 atom stereocenters. The molecule has 0 fully saturated rings. The molecular weight excluding hydrogens is 728 g/mol. The van der Waals surface area contributed by atoms with Gasteiger partial charge in [0.2, 0.25) is 0 Å². The lowest BCUT2D eigenvalue weighted by Gasteiger charge is -2.27. The Morgan fingerprint density at radius 1 is 0.477 bits per heavy atom. The number of alkyl halides is 6. The van der Waals surface area contributed by atoms with E-state index in [1.807, 2.05) is 66.7 Å². The van der Waals surface area contributed by atoms with Crippen molar-refractivity contribution in [2.45, 2.75) is 12.4 Å². The molecular formula is C33H24F6IN2PS. The topological polar surface area (TPSA) is 24.1 Å². The zero-order valence-corrected chi connectivity index (χ0v) is 26.6. The average molecular weight is 753 g/mol. The van der Waals surface area contributed by atoms with Gasteiger partial charge in [-0.3, -0.25) is 0 Å². The Bertz CT molecular complexity index is 1570. The van der Waals surface area contributed by atoms with Crippen LogP contribution in [0.1, 0.15) is 11.1 Å². The second-order valence-corrected chi connectivity index (χ2v) is 13.4. The Hall–Kier alpha value is -3.47. The smallest absolute Gasteiger partial charge is 0.416 e. The van der Waals surface area contributed by atoms with Crippen LogP contribution in [-0.4, -0.2) is 5.11 Å². The number of halogens is 7. The lowest BCUT2D eigenvalue weighted by molar-refractivity contribution is -0.143. The van der Waals surface area contributed by atoms with Crippen molar-refractivity contribution in [2.24, 2.45) is 0 Å². The molecule has 2 N–H and O–H groups in total. The number of rotatable bonds is 6. The van der Waals surface area contributed by atoms with Gasteiger partial charge in [-0.2, -0.15) is 26.3 Å². The summed E-state index contributed by atoms with van der Waals surface area (Å²) >= 11 is 5.25. The molecule has 226 valence electrons. The highest BCUT2D eigenvalue weighted by Gasteiger charge is 2.47. The Morgan fingerprint density at radius 3 is 1.18 bits per heavy atom. The van der Waals surface area contributed by atoms with Gasteiger partial charge in [0.1, 0.15) is 28.5 Å². The highest BCUT2D eigenvalue weighted by Crippen LogP contribution is 2.54. The van der Waals surface area contributed by atoms with Crippen molar-refractivity contribution in [3.8, 4) is 0 Å². The van der Waals surface area contributed by atoms with Crippen molar-refractivity contribution in [2.75, 3.05) is 10.6 Å². The summed E-state index contributed by atoms with van der Waals surface area (Å²) in [4.78, 5) is 0. The predicted molar refractivity (Wildman–Crippen MR) is 168 cm³/mol. The van der Waals surface area contributed by atoms with Crippen molar-refractivity contribution in [1.29, 1.82) is 0 Å². The molecule has 44 heavy (non-hydrogen) atoms. The quantitative estimate of drug-likeness (QED) is 0.109. The summed E-state index contributed by atoms with van der Waals surface area (Å²) in [7, 11) is -2.35. The molecule has 5 aromatic carbocycles. The van der Waals surface area contributed by atoms with Crippen LogP contribution in [0.3, 0.4) is 0 Å². The van der Waals surface area contributed by atoms with E-state index in [4.69, 9.17) is 12.2 Å². The van der Waals surface area contributed by atoms with Crippen LogP contribution in [-0.2, 0) is 12.4 Å². The second-order valence-electron chi connectivity index (χ2n) is 9.60. The molecule has 5 aromatic rings. The average Bonchev–Trinajstić information content (AvgIpc) is 2.99. The highest BCUT2D eigenvalue weighted by atomic mass is 127. The minimum absolute atomic E-state index is 0. The molecule has 0 bridgehead atoms. The number of benzene rings is 5. The van der Waals surface area contributed by atoms with E-state index in [9.17, 15) is 26.3 Å². The van der Waals surface area contributed by atoms with E-state index in [-0.39, 0.29) is 35.2 Å². The van der Waals surface area contributed by atoms with Gasteiger partial charge in [-0.05, 0) is 91.1 Å². The van der Waals surface area contributed by atoms with Crippen LogP contribution in [0.2, 0.25) is 0 Å². The third-order valence-corrected chi connectivity index (χ3v) is 11.3. The Kier molecular flexibility index (Phi) is 10.4. The number of anilines is 2. The van der Waals surface area contributed by atoms with Crippen LogP contribution in [0.5, 0.6) is 0 Å². The fourth-order valence-corrected chi connectivity index (χ4v) is 9.42. The van der Waals surface area contributed by atoms with Crippen LogP contribution < -0.4 is 55.8 Å². The molecule has 0 aliphatic carbocycles. The van der Waals surface area contributed by atoms with Crippen molar-refractivity contribution in [3.05, 3.63) is 145 Å². The van der Waals surface area contributed by atoms with Crippen molar-refractivity contribution in [3.63, 3.8) is 0 Å². The lowest BCUT2D eigenvalue weighted by atomic mass is 10.1. The van der Waals surface area contributed by atoms with Crippen LogP contribution in [0.4, 0.5) is 37.7 Å². The lowest BCUT2D eigenvalue weighted by Crippen LogP contribution is -3.00. The van der Waals surface area contributed by atoms with E-state index in [1.165, 1.54) is 0 Å². The monoisotopic (exact) mass is 752 g/mol. The predicted octanol–water partition coefficient (Wildman–Crippen LogP) is 5.16. The molecule has 0 heterocycles. The van der Waals surface area contributed by atoms with Crippen LogP contribution >= 0.6 is 19.5 Å². The zero-order valence-electron chi connectivity index (χ0n) is 22.7. The molecule has 0 aliphatic rings. The maximum Gasteiger partial charge on any atom is 0.416 e. The number of thiocarbonyl (C=S) groups is 1. The maximum atomic E-state index is 13.3. The van der Waals surface area contributed by atoms with E-state index in [1.54, 1.807) is 12.1 Å². The van der Waals surface area contributed by atoms with Gasteiger partial charge in [0.05, 0.1) is 11.1 Å². The van der Waals surface area contributed by atoms with E-state index in [0.29, 0.717) is 17.8 Å². The number of hydrogen-bond donors (Lipinski definition) is 2. The first-order chi connectivity index (χ1) is 20.5. The summed E-state index contributed by atoms with van der Waals surface area (Å²) < 4.78 is 79.7. The second kappa shape index (κ2) is 13.7. The van der Waals surface area contributed by atoms with Crippen molar-refractivity contribution >= 4 is 57.2 Å². The summed E-state index contributed by atoms with van der Waals surface area (Å²) in [5.41, 5.74) is -2.78. The first-order valence-electron chi connectivity index (χ1n) is 13.0. The standard InChI is InChI=1S/C33H23F6N2PS.HI/c34-32(35,36)23-20-24(33(37,38)39)22-26(21-23)41-31(43)40-25-16-18-30(19-17-25)42(27-10-4-1-5-11-27,28-12-6-2-7-13-28)29-14-8-3-9-15-29;/h1-22H,(H-,40,41,43);1H. The summed E-state index contributed by atoms with van der Waals surface area (Å²) in [6.07, 6.45) is -9.93. The van der Waals surface area contributed by atoms with Gasteiger partial charge in [-0.1, -0.05) is 54.6 Å². The maximum absolute atomic E-state index is 13.3.